The van der Waals surface area contributed by atoms with Gasteiger partial charge in [0.1, 0.15) is 0 Å². The van der Waals surface area contributed by atoms with E-state index in [0.717, 1.165) is 0 Å². The molecule has 3 N–H and O–H groups in total. The van der Waals surface area contributed by atoms with Crippen LogP contribution in [0.1, 0.15) is 27.6 Å². The zero-order valence-electron chi connectivity index (χ0n) is 11.6. The van der Waals surface area contributed by atoms with Crippen LogP contribution in [0, 0.1) is 0 Å². The molecule has 108 valence electrons. The number of nitrogens with two attached hydrogens (primary N) is 1. The average Bonchev–Trinajstić information content (AvgIpc) is 2.48. The maximum Gasteiger partial charge on any atom is 0.340 e. The molecule has 2 aromatic rings. The second-order valence-corrected chi connectivity index (χ2v) is 4.34. The minimum atomic E-state index is -0.467. The van der Waals surface area contributed by atoms with Crippen LogP contribution in [0.4, 0.5) is 11.4 Å². The Balaban J connectivity index is 2.21. The van der Waals surface area contributed by atoms with E-state index in [1.54, 1.807) is 55.5 Å². The molecule has 0 heterocycles. The highest BCUT2D eigenvalue weighted by molar-refractivity contribution is 6.08. The standard InChI is InChI=1S/C16H16N2O3/c1-2-21-16(20)13-5-3-4-6-14(13)18-15(19)11-7-9-12(17)10-8-11/h3-10H,2,17H2,1H3,(H,18,19). The van der Waals surface area contributed by atoms with Crippen molar-refractivity contribution in [3.05, 3.63) is 59.7 Å². The van der Waals surface area contributed by atoms with E-state index in [2.05, 4.69) is 5.32 Å². The van der Waals surface area contributed by atoms with Crippen molar-refractivity contribution in [2.75, 3.05) is 17.7 Å². The van der Waals surface area contributed by atoms with E-state index < -0.39 is 5.97 Å². The molecule has 0 bridgehead atoms. The second-order valence-electron chi connectivity index (χ2n) is 4.34. The second kappa shape index (κ2) is 6.56. The number of nitrogen functional groups attached to an aromatic ring is 1. The van der Waals surface area contributed by atoms with Gasteiger partial charge in [-0.25, -0.2) is 4.79 Å². The number of hydrogen-bond donors (Lipinski definition) is 2. The topological polar surface area (TPSA) is 81.4 Å². The number of rotatable bonds is 4. The lowest BCUT2D eigenvalue weighted by Gasteiger charge is -2.10. The Morgan fingerprint density at radius 2 is 1.76 bits per heavy atom. The fourth-order valence-corrected chi connectivity index (χ4v) is 1.81. The summed E-state index contributed by atoms with van der Waals surface area (Å²) in [5.74, 6) is -0.780. The molecule has 0 unspecified atom stereocenters. The first-order valence-electron chi connectivity index (χ1n) is 6.55. The minimum Gasteiger partial charge on any atom is -0.462 e. The maximum absolute atomic E-state index is 12.2. The lowest BCUT2D eigenvalue weighted by Crippen LogP contribution is -2.15. The predicted octanol–water partition coefficient (Wildman–Crippen LogP) is 2.70. The summed E-state index contributed by atoms with van der Waals surface area (Å²) < 4.78 is 4.96. The van der Waals surface area contributed by atoms with Crippen molar-refractivity contribution in [2.24, 2.45) is 0 Å². The molecule has 2 aromatic carbocycles. The SMILES string of the molecule is CCOC(=O)c1ccccc1NC(=O)c1ccc(N)cc1. The molecule has 0 spiro atoms. The van der Waals surface area contributed by atoms with Gasteiger partial charge >= 0.3 is 5.97 Å². The van der Waals surface area contributed by atoms with Crippen LogP contribution in [0.5, 0.6) is 0 Å². The molecular formula is C16H16N2O3. The first-order chi connectivity index (χ1) is 10.1. The maximum atomic E-state index is 12.2. The number of benzene rings is 2. The number of amides is 1. The van der Waals surface area contributed by atoms with Gasteiger partial charge in [-0.1, -0.05) is 12.1 Å². The van der Waals surface area contributed by atoms with Crippen molar-refractivity contribution in [1.29, 1.82) is 0 Å². The number of nitrogens with one attached hydrogen (secondary N) is 1. The van der Waals surface area contributed by atoms with Crippen LogP contribution in [0.3, 0.4) is 0 Å². The summed E-state index contributed by atoms with van der Waals surface area (Å²) in [4.78, 5) is 24.0. The third kappa shape index (κ3) is 3.60. The normalized spacial score (nSPS) is 9.95. The molecule has 0 aliphatic heterocycles. The fourth-order valence-electron chi connectivity index (χ4n) is 1.81. The van der Waals surface area contributed by atoms with Gasteiger partial charge < -0.3 is 15.8 Å². The molecule has 5 nitrogen and oxygen atoms in total. The van der Waals surface area contributed by atoms with E-state index in [1.165, 1.54) is 0 Å². The number of anilines is 2. The molecule has 0 aromatic heterocycles. The van der Waals surface area contributed by atoms with Crippen molar-refractivity contribution >= 4 is 23.3 Å². The van der Waals surface area contributed by atoms with Crippen LogP contribution in [0.15, 0.2) is 48.5 Å². The monoisotopic (exact) mass is 284 g/mol. The first kappa shape index (κ1) is 14.6. The highest BCUT2D eigenvalue weighted by atomic mass is 16.5. The van der Waals surface area contributed by atoms with Gasteiger partial charge in [0.25, 0.3) is 5.91 Å². The third-order valence-corrected chi connectivity index (χ3v) is 2.84. The van der Waals surface area contributed by atoms with E-state index >= 15 is 0 Å². The highest BCUT2D eigenvalue weighted by Gasteiger charge is 2.14. The van der Waals surface area contributed by atoms with Crippen LogP contribution in [-0.2, 0) is 4.74 Å². The lowest BCUT2D eigenvalue weighted by atomic mass is 10.1. The molecule has 1 amide bonds. The molecule has 5 heteroatoms. The molecule has 0 saturated heterocycles. The molecule has 21 heavy (non-hydrogen) atoms. The first-order valence-corrected chi connectivity index (χ1v) is 6.55. The van der Waals surface area contributed by atoms with Gasteiger partial charge in [-0.05, 0) is 43.3 Å². The van der Waals surface area contributed by atoms with Gasteiger partial charge in [-0.3, -0.25) is 4.79 Å². The molecule has 0 aliphatic rings. The molecule has 2 rings (SSSR count). The van der Waals surface area contributed by atoms with E-state index in [0.29, 0.717) is 22.5 Å². The summed E-state index contributed by atoms with van der Waals surface area (Å²) in [7, 11) is 0. The summed E-state index contributed by atoms with van der Waals surface area (Å²) >= 11 is 0. The Hall–Kier alpha value is -2.82. The van der Waals surface area contributed by atoms with Gasteiger partial charge in [-0.15, -0.1) is 0 Å². The number of esters is 1. The van der Waals surface area contributed by atoms with Crippen LogP contribution in [-0.4, -0.2) is 18.5 Å². The largest absolute Gasteiger partial charge is 0.462 e. The summed E-state index contributed by atoms with van der Waals surface area (Å²) in [6, 6.07) is 13.2. The number of hydrogen-bond acceptors (Lipinski definition) is 4. The van der Waals surface area contributed by atoms with Gasteiger partial charge in [0.05, 0.1) is 17.9 Å². The molecule has 0 radical (unpaired) electrons. The van der Waals surface area contributed by atoms with Crippen molar-refractivity contribution < 1.29 is 14.3 Å². The number of carbonyl (C=O) groups is 2. The van der Waals surface area contributed by atoms with Crippen LogP contribution < -0.4 is 11.1 Å². The zero-order chi connectivity index (χ0) is 15.2. The molecule has 0 atom stereocenters. The smallest absolute Gasteiger partial charge is 0.340 e. The summed E-state index contributed by atoms with van der Waals surface area (Å²) in [5.41, 5.74) is 7.36. The Bertz CT molecular complexity index is 651. The van der Waals surface area contributed by atoms with Crippen molar-refractivity contribution in [1.82, 2.24) is 0 Å². The van der Waals surface area contributed by atoms with Gasteiger partial charge in [0.2, 0.25) is 0 Å². The molecule has 0 saturated carbocycles. The summed E-state index contributed by atoms with van der Waals surface area (Å²) in [5, 5.41) is 2.71. The molecule has 0 aliphatic carbocycles. The van der Waals surface area contributed by atoms with E-state index in [1.807, 2.05) is 0 Å². The molecule has 0 fully saturated rings. The summed E-state index contributed by atoms with van der Waals surface area (Å²) in [6.07, 6.45) is 0. The van der Waals surface area contributed by atoms with Crippen molar-refractivity contribution in [3.8, 4) is 0 Å². The lowest BCUT2D eigenvalue weighted by molar-refractivity contribution is 0.0527. The Kier molecular flexibility index (Phi) is 4.56. The Labute approximate surface area is 122 Å². The number of ether oxygens (including phenoxy) is 1. The third-order valence-electron chi connectivity index (χ3n) is 2.84. The highest BCUT2D eigenvalue weighted by Crippen LogP contribution is 2.17. The van der Waals surface area contributed by atoms with Crippen LogP contribution in [0.2, 0.25) is 0 Å². The summed E-state index contributed by atoms with van der Waals surface area (Å²) in [6.45, 7) is 2.01. The van der Waals surface area contributed by atoms with Crippen LogP contribution >= 0.6 is 0 Å². The Morgan fingerprint density at radius 3 is 2.43 bits per heavy atom. The van der Waals surface area contributed by atoms with Crippen molar-refractivity contribution in [3.63, 3.8) is 0 Å². The fraction of sp³-hybridized carbons (Fsp3) is 0.125. The van der Waals surface area contributed by atoms with Crippen molar-refractivity contribution in [2.45, 2.75) is 6.92 Å². The quantitative estimate of drug-likeness (QED) is 0.668. The number of carbonyl (C=O) groups excluding carboxylic acids is 2. The van der Waals surface area contributed by atoms with E-state index in [9.17, 15) is 9.59 Å². The van der Waals surface area contributed by atoms with Gasteiger partial charge in [0, 0.05) is 11.3 Å². The van der Waals surface area contributed by atoms with Gasteiger partial charge in [-0.2, -0.15) is 0 Å². The number of para-hydroxylation sites is 1. The minimum absolute atomic E-state index is 0.277. The predicted molar refractivity (Wildman–Crippen MR) is 81.2 cm³/mol. The zero-order valence-corrected chi connectivity index (χ0v) is 11.6. The van der Waals surface area contributed by atoms with Gasteiger partial charge in [0.15, 0.2) is 0 Å². The average molecular weight is 284 g/mol. The van der Waals surface area contributed by atoms with E-state index in [4.69, 9.17) is 10.5 Å². The van der Waals surface area contributed by atoms with E-state index in [-0.39, 0.29) is 12.5 Å². The molecular weight excluding hydrogens is 268 g/mol. The van der Waals surface area contributed by atoms with Crippen LogP contribution in [0.25, 0.3) is 0 Å². The Morgan fingerprint density at radius 1 is 1.10 bits per heavy atom.